The summed E-state index contributed by atoms with van der Waals surface area (Å²) in [6, 6.07) is 0. The van der Waals surface area contributed by atoms with Gasteiger partial charge >= 0.3 is 0 Å². The van der Waals surface area contributed by atoms with E-state index in [0.717, 1.165) is 30.8 Å². The number of nitrogens with zero attached hydrogens (tertiary/aromatic N) is 3. The molecular weight excluding hydrogens is 238 g/mol. The number of methoxy groups -OCH3 is 1. The third kappa shape index (κ3) is 4.64. The van der Waals surface area contributed by atoms with E-state index in [1.165, 1.54) is 19.3 Å². The van der Waals surface area contributed by atoms with Crippen LogP contribution >= 0.6 is 11.6 Å². The molecule has 0 bridgehead atoms. The highest BCUT2D eigenvalue weighted by atomic mass is 35.5. The summed E-state index contributed by atoms with van der Waals surface area (Å²) in [5.41, 5.74) is 2.01. The van der Waals surface area contributed by atoms with Gasteiger partial charge in [0.1, 0.15) is 5.69 Å². The van der Waals surface area contributed by atoms with Crippen LogP contribution in [0.1, 0.15) is 44.0 Å². The van der Waals surface area contributed by atoms with Crippen molar-refractivity contribution in [3.8, 4) is 0 Å². The number of hydrogen-bond acceptors (Lipinski definition) is 3. The molecule has 0 saturated heterocycles. The summed E-state index contributed by atoms with van der Waals surface area (Å²) in [5.74, 6) is 0.425. The van der Waals surface area contributed by atoms with Crippen LogP contribution in [-0.2, 0) is 23.6 Å². The molecule has 0 aliphatic carbocycles. The van der Waals surface area contributed by atoms with Gasteiger partial charge in [0.15, 0.2) is 0 Å². The molecule has 1 aromatic heterocycles. The fraction of sp³-hybridized carbons (Fsp3) is 0.833. The van der Waals surface area contributed by atoms with Crippen molar-refractivity contribution in [3.05, 3.63) is 11.4 Å². The molecule has 0 saturated carbocycles. The maximum absolute atomic E-state index is 5.85. The molecule has 0 atom stereocenters. The summed E-state index contributed by atoms with van der Waals surface area (Å²) < 4.78 is 7.08. The van der Waals surface area contributed by atoms with Crippen LogP contribution in [0.15, 0.2) is 0 Å². The molecule has 0 spiro atoms. The third-order valence-corrected chi connectivity index (χ3v) is 3.06. The van der Waals surface area contributed by atoms with Gasteiger partial charge < -0.3 is 4.74 Å². The molecule has 0 radical (unpaired) electrons. The van der Waals surface area contributed by atoms with Crippen molar-refractivity contribution >= 4 is 11.6 Å². The second kappa shape index (κ2) is 8.48. The Labute approximate surface area is 108 Å². The number of ether oxygens (including phenoxy) is 1. The van der Waals surface area contributed by atoms with E-state index >= 15 is 0 Å². The van der Waals surface area contributed by atoms with Crippen LogP contribution in [0.5, 0.6) is 0 Å². The van der Waals surface area contributed by atoms with E-state index in [1.54, 1.807) is 7.11 Å². The van der Waals surface area contributed by atoms with Gasteiger partial charge in [-0.3, -0.25) is 0 Å². The van der Waals surface area contributed by atoms with Crippen molar-refractivity contribution in [3.63, 3.8) is 0 Å². The monoisotopic (exact) mass is 259 g/mol. The van der Waals surface area contributed by atoms with Crippen molar-refractivity contribution < 1.29 is 4.74 Å². The minimum atomic E-state index is 0.425. The lowest BCUT2D eigenvalue weighted by Gasteiger charge is -2.06. The number of rotatable bonds is 9. The number of alkyl halides is 1. The zero-order valence-corrected chi connectivity index (χ0v) is 11.5. The number of unbranched alkanes of at least 4 members (excludes halogenated alkanes) is 3. The summed E-state index contributed by atoms with van der Waals surface area (Å²) in [4.78, 5) is 0. The summed E-state index contributed by atoms with van der Waals surface area (Å²) in [6.07, 6.45) is 5.76. The minimum absolute atomic E-state index is 0.425. The molecule has 0 aromatic carbocycles. The molecule has 4 nitrogen and oxygen atoms in total. The van der Waals surface area contributed by atoms with Gasteiger partial charge in [0.25, 0.3) is 0 Å². The third-order valence-electron chi connectivity index (χ3n) is 2.81. The average Bonchev–Trinajstić information content (AvgIpc) is 2.74. The Morgan fingerprint density at radius 1 is 1.29 bits per heavy atom. The summed E-state index contributed by atoms with van der Waals surface area (Å²) in [7, 11) is 1.70. The van der Waals surface area contributed by atoms with E-state index in [-0.39, 0.29) is 0 Å². The van der Waals surface area contributed by atoms with E-state index in [0.29, 0.717) is 12.5 Å². The van der Waals surface area contributed by atoms with Gasteiger partial charge in [-0.15, -0.1) is 16.7 Å². The molecule has 1 aromatic rings. The standard InChI is InChI=1S/C12H22ClN3O/c1-3-4-5-6-8-16-12(7-9-17-2)11(10-13)14-15-16/h3-10H2,1-2H3. The molecule has 17 heavy (non-hydrogen) atoms. The van der Waals surface area contributed by atoms with Crippen LogP contribution in [0, 0.1) is 0 Å². The maximum atomic E-state index is 5.85. The van der Waals surface area contributed by atoms with Gasteiger partial charge in [-0.2, -0.15) is 0 Å². The van der Waals surface area contributed by atoms with Crippen LogP contribution < -0.4 is 0 Å². The maximum Gasteiger partial charge on any atom is 0.101 e. The molecule has 0 aliphatic rings. The van der Waals surface area contributed by atoms with Gasteiger partial charge in [0.2, 0.25) is 0 Å². The Hall–Kier alpha value is -0.610. The lowest BCUT2D eigenvalue weighted by Crippen LogP contribution is -2.09. The second-order valence-corrected chi connectivity index (χ2v) is 4.41. The van der Waals surface area contributed by atoms with Gasteiger partial charge in [0, 0.05) is 20.1 Å². The van der Waals surface area contributed by atoms with E-state index in [1.807, 2.05) is 4.68 Å². The predicted octanol–water partition coefficient (Wildman–Crippen LogP) is 2.79. The molecule has 0 N–H and O–H groups in total. The van der Waals surface area contributed by atoms with Crippen LogP contribution in [0.2, 0.25) is 0 Å². The second-order valence-electron chi connectivity index (χ2n) is 4.14. The first-order valence-electron chi connectivity index (χ1n) is 6.29. The molecule has 1 heterocycles. The summed E-state index contributed by atoms with van der Waals surface area (Å²) in [5, 5.41) is 8.28. The lowest BCUT2D eigenvalue weighted by molar-refractivity contribution is 0.200. The van der Waals surface area contributed by atoms with E-state index in [4.69, 9.17) is 16.3 Å². The summed E-state index contributed by atoms with van der Waals surface area (Å²) >= 11 is 5.85. The molecule has 98 valence electrons. The molecule has 0 aliphatic heterocycles. The molecular formula is C12H22ClN3O. The number of aromatic nitrogens is 3. The van der Waals surface area contributed by atoms with Gasteiger partial charge in [-0.05, 0) is 6.42 Å². The van der Waals surface area contributed by atoms with Crippen molar-refractivity contribution in [2.24, 2.45) is 0 Å². The zero-order valence-electron chi connectivity index (χ0n) is 10.8. The molecule has 1 rings (SSSR count). The number of aryl methyl sites for hydroxylation is 1. The Kier molecular flexibility index (Phi) is 7.21. The molecule has 0 unspecified atom stereocenters. The van der Waals surface area contributed by atoms with Crippen LogP contribution in [0.3, 0.4) is 0 Å². The molecule has 0 fully saturated rings. The highest BCUT2D eigenvalue weighted by Gasteiger charge is 2.11. The highest BCUT2D eigenvalue weighted by Crippen LogP contribution is 2.11. The zero-order chi connectivity index (χ0) is 12.5. The van der Waals surface area contributed by atoms with E-state index in [9.17, 15) is 0 Å². The Balaban J connectivity index is 2.53. The van der Waals surface area contributed by atoms with Crippen molar-refractivity contribution in [2.75, 3.05) is 13.7 Å². The lowest BCUT2D eigenvalue weighted by atomic mass is 10.2. The molecule has 5 heteroatoms. The summed E-state index contributed by atoms with van der Waals surface area (Å²) in [6.45, 7) is 3.83. The van der Waals surface area contributed by atoms with Crippen molar-refractivity contribution in [2.45, 2.75) is 51.5 Å². The van der Waals surface area contributed by atoms with E-state index in [2.05, 4.69) is 17.2 Å². The van der Waals surface area contributed by atoms with Crippen molar-refractivity contribution in [1.82, 2.24) is 15.0 Å². The van der Waals surface area contributed by atoms with Crippen LogP contribution in [0.25, 0.3) is 0 Å². The first kappa shape index (κ1) is 14.5. The predicted molar refractivity (Wildman–Crippen MR) is 69.3 cm³/mol. The highest BCUT2D eigenvalue weighted by molar-refractivity contribution is 6.16. The number of halogens is 1. The first-order valence-corrected chi connectivity index (χ1v) is 6.83. The Bertz CT molecular complexity index is 315. The Morgan fingerprint density at radius 3 is 2.76 bits per heavy atom. The van der Waals surface area contributed by atoms with Crippen LogP contribution in [0.4, 0.5) is 0 Å². The number of hydrogen-bond donors (Lipinski definition) is 0. The quantitative estimate of drug-likeness (QED) is 0.506. The average molecular weight is 260 g/mol. The first-order chi connectivity index (χ1) is 8.33. The van der Waals surface area contributed by atoms with Crippen LogP contribution in [-0.4, -0.2) is 28.7 Å². The van der Waals surface area contributed by atoms with Gasteiger partial charge in [-0.25, -0.2) is 4.68 Å². The molecule has 0 amide bonds. The van der Waals surface area contributed by atoms with Crippen molar-refractivity contribution in [1.29, 1.82) is 0 Å². The Morgan fingerprint density at radius 2 is 2.12 bits per heavy atom. The largest absolute Gasteiger partial charge is 0.384 e. The minimum Gasteiger partial charge on any atom is -0.384 e. The van der Waals surface area contributed by atoms with E-state index < -0.39 is 0 Å². The fourth-order valence-electron chi connectivity index (χ4n) is 1.81. The normalized spacial score (nSPS) is 11.0. The van der Waals surface area contributed by atoms with Gasteiger partial charge in [0.05, 0.1) is 18.2 Å². The fourth-order valence-corrected chi connectivity index (χ4v) is 2.02. The topological polar surface area (TPSA) is 39.9 Å². The van der Waals surface area contributed by atoms with Gasteiger partial charge in [-0.1, -0.05) is 31.4 Å². The SMILES string of the molecule is CCCCCCn1nnc(CCl)c1CCOC. The smallest absolute Gasteiger partial charge is 0.101 e.